The van der Waals surface area contributed by atoms with Gasteiger partial charge in [-0.3, -0.25) is 9.59 Å². The first-order valence-corrected chi connectivity index (χ1v) is 11.9. The summed E-state index contributed by atoms with van der Waals surface area (Å²) in [4.78, 5) is 22.1. The standard InChI is InChI=1S/C17H27NO3S2.HNS/c19-15(10-22-23-11-16(20)21)18-3-1-2-17-7-12-4-13(8-17)6-14(5-12)9-17;1-2/h12-14H,1-11H2,(H,18,19)(H,20,21);1H. The Morgan fingerprint density at radius 3 is 2.08 bits per heavy atom. The van der Waals surface area contributed by atoms with E-state index in [4.69, 9.17) is 9.89 Å². The molecule has 0 spiro atoms. The van der Waals surface area contributed by atoms with Gasteiger partial charge in [0.1, 0.15) is 5.75 Å². The number of rotatable bonds is 9. The Labute approximate surface area is 163 Å². The average Bonchev–Trinajstić information content (AvgIpc) is 2.56. The van der Waals surface area contributed by atoms with Crippen molar-refractivity contribution >= 4 is 45.9 Å². The molecule has 0 atom stereocenters. The van der Waals surface area contributed by atoms with E-state index in [9.17, 15) is 9.59 Å². The smallest absolute Gasteiger partial charge is 0.314 e. The zero-order chi connectivity index (χ0) is 18.3. The number of carboxylic acids is 1. The Hall–Kier alpha value is -0.340. The maximum absolute atomic E-state index is 11.7. The highest BCUT2D eigenvalue weighted by molar-refractivity contribution is 8.77. The Kier molecular flexibility index (Phi) is 8.48. The molecule has 0 unspecified atom stereocenters. The van der Waals surface area contributed by atoms with E-state index in [1.54, 1.807) is 0 Å². The minimum absolute atomic E-state index is 0.0263. The number of carboxylic acid groups (broad SMARTS) is 1. The molecule has 4 rings (SSSR count). The first kappa shape index (κ1) is 21.0. The topological polar surface area (TPSA) is 90.2 Å². The summed E-state index contributed by atoms with van der Waals surface area (Å²) in [5.41, 5.74) is 0.603. The molecule has 0 aliphatic heterocycles. The quantitative estimate of drug-likeness (QED) is 0.399. The van der Waals surface area contributed by atoms with Crippen molar-refractivity contribution in [2.24, 2.45) is 23.2 Å². The van der Waals surface area contributed by atoms with Crippen LogP contribution in [0.4, 0.5) is 0 Å². The van der Waals surface area contributed by atoms with Gasteiger partial charge in [0.05, 0.1) is 5.75 Å². The van der Waals surface area contributed by atoms with Gasteiger partial charge in [-0.2, -0.15) is 0 Å². The summed E-state index contributed by atoms with van der Waals surface area (Å²) < 4.78 is 5.33. The summed E-state index contributed by atoms with van der Waals surface area (Å²) >= 11 is 3.33. The van der Waals surface area contributed by atoms with Crippen LogP contribution in [0.5, 0.6) is 0 Å². The highest BCUT2D eigenvalue weighted by atomic mass is 33.1. The van der Waals surface area contributed by atoms with Crippen molar-refractivity contribution in [3.05, 3.63) is 0 Å². The van der Waals surface area contributed by atoms with Gasteiger partial charge in [0, 0.05) is 19.0 Å². The lowest BCUT2D eigenvalue weighted by atomic mass is 9.48. The van der Waals surface area contributed by atoms with Crippen molar-refractivity contribution in [2.45, 2.75) is 51.4 Å². The maximum atomic E-state index is 11.7. The molecular weight excluding hydrogens is 376 g/mol. The number of carbonyl (C=O) groups is 2. The lowest BCUT2D eigenvalue weighted by Crippen LogP contribution is -2.46. The van der Waals surface area contributed by atoms with Gasteiger partial charge in [-0.15, -0.1) is 0 Å². The van der Waals surface area contributed by atoms with Crippen LogP contribution in [0.1, 0.15) is 51.4 Å². The molecule has 0 aromatic carbocycles. The second-order valence-corrected chi connectivity index (χ2v) is 10.3. The van der Waals surface area contributed by atoms with Crippen molar-refractivity contribution in [2.75, 3.05) is 18.1 Å². The van der Waals surface area contributed by atoms with Crippen LogP contribution >= 0.6 is 21.6 Å². The van der Waals surface area contributed by atoms with E-state index in [1.165, 1.54) is 66.5 Å². The third-order valence-electron chi connectivity index (χ3n) is 5.83. The second-order valence-electron chi connectivity index (χ2n) is 7.79. The van der Waals surface area contributed by atoms with Gasteiger partial charge in [-0.1, -0.05) is 21.6 Å². The Morgan fingerprint density at radius 2 is 1.56 bits per heavy atom. The molecule has 0 heterocycles. The van der Waals surface area contributed by atoms with Crippen molar-refractivity contribution in [1.29, 1.82) is 4.78 Å². The van der Waals surface area contributed by atoms with Gasteiger partial charge in [-0.25, -0.2) is 4.78 Å². The van der Waals surface area contributed by atoms with Crippen LogP contribution < -0.4 is 5.32 Å². The summed E-state index contributed by atoms with van der Waals surface area (Å²) in [5, 5.41) is 11.5. The molecule has 25 heavy (non-hydrogen) atoms. The van der Waals surface area contributed by atoms with Gasteiger partial charge in [0.2, 0.25) is 5.91 Å². The molecule has 1 amide bonds. The number of aliphatic carboxylic acids is 1. The molecule has 4 fully saturated rings. The first-order chi connectivity index (χ1) is 12.0. The largest absolute Gasteiger partial charge is 0.481 e. The lowest BCUT2D eigenvalue weighted by Gasteiger charge is -2.57. The molecule has 4 aliphatic carbocycles. The van der Waals surface area contributed by atoms with Crippen molar-refractivity contribution in [3.63, 3.8) is 0 Å². The fourth-order valence-electron chi connectivity index (χ4n) is 5.53. The van der Waals surface area contributed by atoms with Crippen LogP contribution in [0.2, 0.25) is 0 Å². The highest BCUT2D eigenvalue weighted by Gasteiger charge is 2.50. The fourth-order valence-corrected chi connectivity index (χ4v) is 7.13. The molecule has 0 saturated heterocycles. The molecule has 8 heteroatoms. The molecule has 0 aromatic rings. The summed E-state index contributed by atoms with van der Waals surface area (Å²) in [6, 6.07) is 0. The number of carbonyl (C=O) groups excluding carboxylic acids is 1. The third kappa shape index (κ3) is 6.40. The van der Waals surface area contributed by atoms with Gasteiger partial charge in [-0.05, 0) is 74.5 Å². The molecule has 4 bridgehead atoms. The molecule has 4 aliphatic rings. The Morgan fingerprint density at radius 1 is 1.04 bits per heavy atom. The second kappa shape index (κ2) is 10.1. The van der Waals surface area contributed by atoms with E-state index in [0.717, 1.165) is 30.7 Å². The van der Waals surface area contributed by atoms with Crippen molar-refractivity contribution < 1.29 is 14.7 Å². The molecule has 4 saturated carbocycles. The molecule has 0 aromatic heterocycles. The highest BCUT2D eigenvalue weighted by Crippen LogP contribution is 2.61. The Balaban J connectivity index is 0.00000109. The van der Waals surface area contributed by atoms with Crippen LogP contribution in [0.15, 0.2) is 0 Å². The van der Waals surface area contributed by atoms with Gasteiger partial charge in [0.25, 0.3) is 0 Å². The minimum Gasteiger partial charge on any atom is -0.481 e. The number of hydrogen-bond acceptors (Lipinski definition) is 6. The van der Waals surface area contributed by atoms with E-state index < -0.39 is 5.97 Å². The molecular formula is C17H28N2O3S3. The van der Waals surface area contributed by atoms with E-state index in [0.29, 0.717) is 11.2 Å². The van der Waals surface area contributed by atoms with E-state index in [-0.39, 0.29) is 11.7 Å². The zero-order valence-electron chi connectivity index (χ0n) is 14.5. The molecule has 142 valence electrons. The summed E-state index contributed by atoms with van der Waals surface area (Å²) in [6.45, 7) is 0.769. The summed E-state index contributed by atoms with van der Waals surface area (Å²) in [5.74, 6) is 2.58. The normalized spacial score (nSPS) is 31.9. The summed E-state index contributed by atoms with van der Waals surface area (Å²) in [7, 11) is 2.54. The lowest BCUT2D eigenvalue weighted by molar-refractivity contribution is -0.133. The van der Waals surface area contributed by atoms with Crippen LogP contribution in [0, 0.1) is 27.9 Å². The van der Waals surface area contributed by atoms with E-state index >= 15 is 0 Å². The van der Waals surface area contributed by atoms with Gasteiger partial charge >= 0.3 is 5.97 Å². The average molecular weight is 405 g/mol. The fraction of sp³-hybridized carbons (Fsp3) is 0.882. The van der Waals surface area contributed by atoms with E-state index in [1.807, 2.05) is 0 Å². The third-order valence-corrected chi connectivity index (χ3v) is 7.95. The number of hydrogen-bond donors (Lipinski definition) is 3. The number of amides is 1. The van der Waals surface area contributed by atoms with Crippen LogP contribution in [0.25, 0.3) is 0 Å². The predicted octanol–water partition coefficient (Wildman–Crippen LogP) is 3.86. The number of nitrogens with one attached hydrogen (secondary N) is 2. The zero-order valence-corrected chi connectivity index (χ0v) is 16.9. The van der Waals surface area contributed by atoms with Crippen molar-refractivity contribution in [1.82, 2.24) is 5.32 Å². The molecule has 3 N–H and O–H groups in total. The molecule has 5 nitrogen and oxygen atoms in total. The van der Waals surface area contributed by atoms with Gasteiger partial charge in [0.15, 0.2) is 0 Å². The maximum Gasteiger partial charge on any atom is 0.314 e. The monoisotopic (exact) mass is 404 g/mol. The van der Waals surface area contributed by atoms with Crippen LogP contribution in [0.3, 0.4) is 0 Å². The van der Waals surface area contributed by atoms with Gasteiger partial charge < -0.3 is 10.4 Å². The van der Waals surface area contributed by atoms with Crippen LogP contribution in [-0.2, 0) is 22.0 Å². The predicted molar refractivity (Wildman–Crippen MR) is 105 cm³/mol. The SMILES string of the molecule is N=S.O=C(O)CSSCC(=O)NCCCC12CC3CC(CC(C3)C1)C2. The minimum atomic E-state index is -0.835. The van der Waals surface area contributed by atoms with Crippen molar-refractivity contribution in [3.8, 4) is 0 Å². The van der Waals surface area contributed by atoms with Crippen LogP contribution in [-0.4, -0.2) is 35.0 Å². The Bertz CT molecular complexity index is 441. The van der Waals surface area contributed by atoms with E-state index in [2.05, 4.69) is 17.7 Å². The first-order valence-electron chi connectivity index (χ1n) is 8.98. The molecule has 0 radical (unpaired) electrons. The summed E-state index contributed by atoms with van der Waals surface area (Å²) in [6.07, 6.45) is 11.1.